The molecule has 0 saturated carbocycles. The van der Waals surface area contributed by atoms with E-state index in [1.54, 1.807) is 6.07 Å². The molecule has 0 fully saturated rings. The number of aliphatic hydroxyl groups is 1. The van der Waals surface area contributed by atoms with Crippen molar-refractivity contribution in [1.82, 2.24) is 0 Å². The van der Waals surface area contributed by atoms with Crippen LogP contribution in [0.4, 0.5) is 5.69 Å². The lowest BCUT2D eigenvalue weighted by atomic mass is 10.0. The number of carboxylic acids is 1. The molecule has 18 heavy (non-hydrogen) atoms. The molecule has 0 bridgehead atoms. The second-order valence-corrected chi connectivity index (χ2v) is 5.08. The molecule has 1 aromatic rings. The van der Waals surface area contributed by atoms with Gasteiger partial charge in [-0.3, -0.25) is 4.55 Å². The summed E-state index contributed by atoms with van der Waals surface area (Å²) < 4.78 is 32.1. The van der Waals surface area contributed by atoms with E-state index < -0.39 is 28.4 Å². The summed E-state index contributed by atoms with van der Waals surface area (Å²) in [6, 6.07) is 7.18. The van der Waals surface area contributed by atoms with Crippen molar-refractivity contribution in [3.63, 3.8) is 0 Å². The fourth-order valence-corrected chi connectivity index (χ4v) is 2.49. The number of aliphatic carboxylic acids is 1. The average molecular weight is 275 g/mol. The topological polar surface area (TPSA) is 115 Å². The molecule has 0 amide bonds. The highest BCUT2D eigenvalue weighted by atomic mass is 32.2. The van der Waals surface area contributed by atoms with Crippen LogP contribution in [0.5, 0.6) is 0 Å². The number of anilines is 1. The smallest absolute Gasteiger partial charge is 0.361 e. The first-order chi connectivity index (χ1) is 8.23. The number of nitrogens with zero attached hydrogens (tertiary/aromatic N) is 1. The van der Waals surface area contributed by atoms with Crippen molar-refractivity contribution in [2.45, 2.75) is 12.5 Å². The lowest BCUT2D eigenvalue weighted by Gasteiger charge is -2.34. The van der Waals surface area contributed by atoms with E-state index in [1.165, 1.54) is 24.3 Å². The predicted molar refractivity (Wildman–Crippen MR) is 63.6 cm³/mol. The molecule has 0 radical (unpaired) electrons. The zero-order valence-electron chi connectivity index (χ0n) is 9.52. The fraction of sp³-hybridized carbons (Fsp3) is 0.300. The summed E-state index contributed by atoms with van der Waals surface area (Å²) >= 11 is 0. The molecule has 100 valence electrons. The molecule has 0 saturated heterocycles. The lowest BCUT2D eigenvalue weighted by Crippen LogP contribution is -2.57. The predicted octanol–water partition coefficient (Wildman–Crippen LogP) is 0.131. The first-order valence-corrected chi connectivity index (χ1v) is 6.30. The molecule has 1 unspecified atom stereocenters. The van der Waals surface area contributed by atoms with Crippen LogP contribution in [0.25, 0.3) is 0 Å². The summed E-state index contributed by atoms with van der Waals surface area (Å²) in [6.07, 6.45) is 0. The summed E-state index contributed by atoms with van der Waals surface area (Å²) in [4.78, 5) is 11.1. The van der Waals surface area contributed by atoms with E-state index in [0.29, 0.717) is 0 Å². The molecule has 0 spiro atoms. The van der Waals surface area contributed by atoms with Crippen molar-refractivity contribution in [3.8, 4) is 0 Å². The third-order valence-electron chi connectivity index (χ3n) is 2.44. The van der Waals surface area contributed by atoms with Gasteiger partial charge in [-0.25, -0.2) is 9.10 Å². The monoisotopic (exact) mass is 275 g/mol. The molecular weight excluding hydrogens is 262 g/mol. The van der Waals surface area contributed by atoms with Gasteiger partial charge in [0.25, 0.3) is 0 Å². The van der Waals surface area contributed by atoms with Crippen LogP contribution in [-0.4, -0.2) is 41.3 Å². The number of aliphatic hydroxyl groups excluding tert-OH is 1. The molecular formula is C10H13NO6S. The first-order valence-electron chi connectivity index (χ1n) is 4.90. The van der Waals surface area contributed by atoms with E-state index in [2.05, 4.69) is 0 Å². The van der Waals surface area contributed by atoms with Crippen LogP contribution in [-0.2, 0) is 15.1 Å². The van der Waals surface area contributed by atoms with E-state index in [4.69, 9.17) is 10.2 Å². The lowest BCUT2D eigenvalue weighted by molar-refractivity contribution is -0.143. The van der Waals surface area contributed by atoms with Gasteiger partial charge in [-0.2, -0.15) is 8.42 Å². The summed E-state index contributed by atoms with van der Waals surface area (Å²) in [6.45, 7) is 0.00706. The van der Waals surface area contributed by atoms with E-state index in [-0.39, 0.29) is 9.99 Å². The zero-order valence-corrected chi connectivity index (χ0v) is 10.3. The number of carbonyl (C=O) groups is 1. The normalized spacial score (nSPS) is 14.8. The van der Waals surface area contributed by atoms with Gasteiger partial charge >= 0.3 is 16.3 Å². The van der Waals surface area contributed by atoms with Crippen molar-refractivity contribution in [3.05, 3.63) is 30.3 Å². The molecule has 1 aromatic carbocycles. The highest BCUT2D eigenvalue weighted by Crippen LogP contribution is 2.27. The molecule has 0 aromatic heterocycles. The Kier molecular flexibility index (Phi) is 3.95. The Labute approximate surface area is 104 Å². The van der Waals surface area contributed by atoms with Gasteiger partial charge in [0, 0.05) is 0 Å². The molecule has 0 aliphatic carbocycles. The summed E-state index contributed by atoms with van der Waals surface area (Å²) in [7, 11) is -4.84. The van der Waals surface area contributed by atoms with Gasteiger partial charge in [0.05, 0.1) is 12.3 Å². The third-order valence-corrected chi connectivity index (χ3v) is 3.51. The van der Waals surface area contributed by atoms with Gasteiger partial charge in [0.2, 0.25) is 0 Å². The Hall–Kier alpha value is -1.64. The van der Waals surface area contributed by atoms with Crippen LogP contribution in [0.2, 0.25) is 0 Å². The van der Waals surface area contributed by atoms with Crippen molar-refractivity contribution in [2.24, 2.45) is 0 Å². The number of para-hydroxylation sites is 1. The van der Waals surface area contributed by atoms with Crippen LogP contribution in [0.3, 0.4) is 0 Å². The Morgan fingerprint density at radius 3 is 2.17 bits per heavy atom. The largest absolute Gasteiger partial charge is 0.479 e. The fourth-order valence-electron chi connectivity index (χ4n) is 1.45. The van der Waals surface area contributed by atoms with Crippen LogP contribution in [0, 0.1) is 0 Å². The molecule has 7 nitrogen and oxygen atoms in total. The van der Waals surface area contributed by atoms with Gasteiger partial charge in [-0.1, -0.05) is 18.2 Å². The zero-order chi connectivity index (χ0) is 14.0. The molecule has 3 N–H and O–H groups in total. The second-order valence-electron chi connectivity index (χ2n) is 3.81. The number of benzene rings is 1. The molecule has 8 heteroatoms. The average Bonchev–Trinajstić information content (AvgIpc) is 2.28. The number of carboxylic acid groups (broad SMARTS) is 1. The van der Waals surface area contributed by atoms with Crippen molar-refractivity contribution < 1.29 is 28.0 Å². The maximum absolute atomic E-state index is 11.3. The summed E-state index contributed by atoms with van der Waals surface area (Å²) in [5.74, 6) is -1.58. The second kappa shape index (κ2) is 4.92. The van der Waals surface area contributed by atoms with Gasteiger partial charge in [0.15, 0.2) is 5.54 Å². The van der Waals surface area contributed by atoms with E-state index >= 15 is 0 Å². The molecule has 0 aliphatic heterocycles. The quantitative estimate of drug-likeness (QED) is 0.658. The summed E-state index contributed by atoms with van der Waals surface area (Å²) in [5, 5.41) is 18.2. The van der Waals surface area contributed by atoms with Crippen molar-refractivity contribution >= 4 is 22.0 Å². The highest BCUT2D eigenvalue weighted by Gasteiger charge is 2.45. The molecule has 1 rings (SSSR count). The minimum absolute atomic E-state index is 0.0565. The minimum Gasteiger partial charge on any atom is -0.479 e. The number of hydrogen-bond acceptors (Lipinski definition) is 4. The van der Waals surface area contributed by atoms with Crippen molar-refractivity contribution in [2.75, 3.05) is 10.9 Å². The Bertz CT molecular complexity index is 529. The summed E-state index contributed by atoms with van der Waals surface area (Å²) in [5.41, 5.74) is -2.24. The molecule has 0 aliphatic rings. The van der Waals surface area contributed by atoms with Crippen LogP contribution in [0.1, 0.15) is 6.92 Å². The maximum atomic E-state index is 11.3. The van der Waals surface area contributed by atoms with Gasteiger partial charge < -0.3 is 10.2 Å². The van der Waals surface area contributed by atoms with Crippen LogP contribution >= 0.6 is 0 Å². The standard InChI is InChI=1S/C10H13NO6S/c1-10(7-12,9(13)14)11(18(15,16)17)8-5-3-2-4-6-8/h2-6,12H,7H2,1H3,(H,13,14)(H,15,16,17). The van der Waals surface area contributed by atoms with Gasteiger partial charge in [-0.15, -0.1) is 0 Å². The molecule has 0 heterocycles. The highest BCUT2D eigenvalue weighted by molar-refractivity contribution is 7.87. The maximum Gasteiger partial charge on any atom is 0.361 e. The van der Waals surface area contributed by atoms with Crippen LogP contribution in [0.15, 0.2) is 30.3 Å². The van der Waals surface area contributed by atoms with Crippen LogP contribution < -0.4 is 4.31 Å². The SMILES string of the molecule is CC(CO)(C(=O)O)N(c1ccccc1)S(=O)(=O)O. The Morgan fingerprint density at radius 2 is 1.83 bits per heavy atom. The van der Waals surface area contributed by atoms with Crippen molar-refractivity contribution in [1.29, 1.82) is 0 Å². The van der Waals surface area contributed by atoms with Gasteiger partial charge in [0.1, 0.15) is 0 Å². The first kappa shape index (κ1) is 14.4. The number of hydrogen-bond donors (Lipinski definition) is 3. The van der Waals surface area contributed by atoms with E-state index in [0.717, 1.165) is 6.92 Å². The molecule has 1 atom stereocenters. The Morgan fingerprint density at radius 1 is 1.33 bits per heavy atom. The van der Waals surface area contributed by atoms with E-state index in [1.807, 2.05) is 0 Å². The number of rotatable bonds is 5. The Balaban J connectivity index is 3.46. The minimum atomic E-state index is -4.84. The van der Waals surface area contributed by atoms with E-state index in [9.17, 15) is 17.8 Å². The van der Waals surface area contributed by atoms with Gasteiger partial charge in [-0.05, 0) is 19.1 Å². The third kappa shape index (κ3) is 2.61.